The number of nitrogens with one attached hydrogen (secondary N) is 1. The highest BCUT2D eigenvalue weighted by molar-refractivity contribution is 7.15. The predicted molar refractivity (Wildman–Crippen MR) is 80.5 cm³/mol. The van der Waals surface area contributed by atoms with Crippen LogP contribution in [0.2, 0.25) is 0 Å². The first-order valence-corrected chi connectivity index (χ1v) is 8.14. The molecule has 108 valence electrons. The van der Waals surface area contributed by atoms with Crippen molar-refractivity contribution in [1.29, 1.82) is 0 Å². The molecule has 0 saturated carbocycles. The van der Waals surface area contributed by atoms with E-state index >= 15 is 0 Å². The number of aryl methyl sites for hydroxylation is 1. The predicted octanol–water partition coefficient (Wildman–Crippen LogP) is 4.32. The molecule has 4 nitrogen and oxygen atoms in total. The minimum atomic E-state index is 0.0575. The molecule has 0 unspecified atom stereocenters. The van der Waals surface area contributed by atoms with E-state index in [1.807, 2.05) is 6.92 Å². The number of carbonyl (C=O) groups excluding carboxylic acids is 1. The van der Waals surface area contributed by atoms with Gasteiger partial charge in [0.1, 0.15) is 5.01 Å². The van der Waals surface area contributed by atoms with Crippen molar-refractivity contribution in [2.75, 3.05) is 5.32 Å². The van der Waals surface area contributed by atoms with Gasteiger partial charge >= 0.3 is 0 Å². The van der Waals surface area contributed by atoms with Crippen molar-refractivity contribution in [1.82, 2.24) is 10.2 Å². The third kappa shape index (κ3) is 7.93. The molecule has 1 amide bonds. The Hall–Kier alpha value is -0.970. The zero-order valence-electron chi connectivity index (χ0n) is 12.1. The van der Waals surface area contributed by atoms with Crippen LogP contribution in [-0.4, -0.2) is 16.1 Å². The molecule has 0 bridgehead atoms. The van der Waals surface area contributed by atoms with Gasteiger partial charge in [0.05, 0.1) is 0 Å². The number of hydrogen-bond donors (Lipinski definition) is 1. The van der Waals surface area contributed by atoms with E-state index in [9.17, 15) is 4.79 Å². The van der Waals surface area contributed by atoms with E-state index < -0.39 is 0 Å². The van der Waals surface area contributed by atoms with E-state index in [-0.39, 0.29) is 5.91 Å². The molecule has 1 aromatic heterocycles. The van der Waals surface area contributed by atoms with E-state index in [4.69, 9.17) is 0 Å². The summed E-state index contributed by atoms with van der Waals surface area (Å²) in [6, 6.07) is 0. The Morgan fingerprint density at radius 1 is 1.05 bits per heavy atom. The summed E-state index contributed by atoms with van der Waals surface area (Å²) in [5.74, 6) is 0.0575. The van der Waals surface area contributed by atoms with Crippen LogP contribution in [0, 0.1) is 6.92 Å². The Labute approximate surface area is 120 Å². The number of unbranched alkanes of at least 4 members (excludes halogenated alkanes) is 7. The van der Waals surface area contributed by atoms with Crippen LogP contribution in [-0.2, 0) is 4.79 Å². The number of anilines is 1. The molecule has 0 radical (unpaired) electrons. The quantitative estimate of drug-likeness (QED) is 0.651. The average molecular weight is 283 g/mol. The SMILES string of the molecule is CCCCCCCCCCC(=O)Nc1nnc(C)s1. The zero-order chi connectivity index (χ0) is 13.9. The van der Waals surface area contributed by atoms with Crippen molar-refractivity contribution >= 4 is 22.4 Å². The van der Waals surface area contributed by atoms with Crippen LogP contribution in [0.4, 0.5) is 5.13 Å². The zero-order valence-corrected chi connectivity index (χ0v) is 12.9. The van der Waals surface area contributed by atoms with Crippen molar-refractivity contribution < 1.29 is 4.79 Å². The van der Waals surface area contributed by atoms with Gasteiger partial charge in [-0.2, -0.15) is 0 Å². The van der Waals surface area contributed by atoms with Crippen LogP contribution in [0.1, 0.15) is 69.7 Å². The summed E-state index contributed by atoms with van der Waals surface area (Å²) >= 11 is 1.42. The van der Waals surface area contributed by atoms with Gasteiger partial charge in [-0.05, 0) is 13.3 Å². The normalized spacial score (nSPS) is 10.6. The third-order valence-corrected chi connectivity index (χ3v) is 3.78. The maximum atomic E-state index is 11.6. The average Bonchev–Trinajstić information content (AvgIpc) is 2.78. The fourth-order valence-corrected chi connectivity index (χ4v) is 2.56. The summed E-state index contributed by atoms with van der Waals surface area (Å²) in [5, 5.41) is 12.0. The lowest BCUT2D eigenvalue weighted by Gasteiger charge is -2.02. The second-order valence-corrected chi connectivity index (χ2v) is 6.08. The topological polar surface area (TPSA) is 54.9 Å². The molecule has 1 N–H and O–H groups in total. The summed E-state index contributed by atoms with van der Waals surface area (Å²) in [7, 11) is 0. The van der Waals surface area contributed by atoms with Crippen LogP contribution in [0.3, 0.4) is 0 Å². The second kappa shape index (κ2) is 9.89. The Bertz CT molecular complexity index is 365. The van der Waals surface area contributed by atoms with Gasteiger partial charge in [0.15, 0.2) is 0 Å². The van der Waals surface area contributed by atoms with E-state index in [0.29, 0.717) is 11.6 Å². The van der Waals surface area contributed by atoms with E-state index in [0.717, 1.165) is 17.8 Å². The standard InChI is InChI=1S/C14H25N3OS/c1-3-4-5-6-7-8-9-10-11-13(18)15-14-17-16-12(2)19-14/h3-11H2,1-2H3,(H,15,17,18). The highest BCUT2D eigenvalue weighted by Gasteiger charge is 2.05. The monoisotopic (exact) mass is 283 g/mol. The molecule has 0 aliphatic heterocycles. The minimum absolute atomic E-state index is 0.0575. The molecule has 1 rings (SSSR count). The Morgan fingerprint density at radius 2 is 1.68 bits per heavy atom. The molecule has 0 aliphatic carbocycles. The van der Waals surface area contributed by atoms with Gasteiger partial charge in [-0.3, -0.25) is 4.79 Å². The highest BCUT2D eigenvalue weighted by Crippen LogP contribution is 2.14. The summed E-state index contributed by atoms with van der Waals surface area (Å²) in [6.45, 7) is 4.12. The molecule has 1 aromatic rings. The van der Waals surface area contributed by atoms with Gasteiger partial charge in [0.25, 0.3) is 0 Å². The summed E-state index contributed by atoms with van der Waals surface area (Å²) in [5.41, 5.74) is 0. The molecule has 0 atom stereocenters. The molecule has 0 saturated heterocycles. The number of nitrogens with zero attached hydrogens (tertiary/aromatic N) is 2. The minimum Gasteiger partial charge on any atom is -0.301 e. The van der Waals surface area contributed by atoms with E-state index in [1.54, 1.807) is 0 Å². The van der Waals surface area contributed by atoms with Gasteiger partial charge in [-0.25, -0.2) is 0 Å². The molecule has 0 aromatic carbocycles. The van der Waals surface area contributed by atoms with E-state index in [1.165, 1.54) is 49.9 Å². The van der Waals surface area contributed by atoms with Crippen LogP contribution in [0.25, 0.3) is 0 Å². The number of amides is 1. The lowest BCUT2D eigenvalue weighted by atomic mass is 10.1. The maximum absolute atomic E-state index is 11.6. The van der Waals surface area contributed by atoms with Gasteiger partial charge in [-0.1, -0.05) is 63.2 Å². The number of rotatable bonds is 10. The maximum Gasteiger partial charge on any atom is 0.226 e. The van der Waals surface area contributed by atoms with E-state index in [2.05, 4.69) is 22.4 Å². The summed E-state index contributed by atoms with van der Waals surface area (Å²) in [6.07, 6.45) is 10.6. The smallest absolute Gasteiger partial charge is 0.226 e. The van der Waals surface area contributed by atoms with Crippen LogP contribution in [0.5, 0.6) is 0 Å². The van der Waals surface area contributed by atoms with Gasteiger partial charge < -0.3 is 5.32 Å². The summed E-state index contributed by atoms with van der Waals surface area (Å²) < 4.78 is 0. The summed E-state index contributed by atoms with van der Waals surface area (Å²) in [4.78, 5) is 11.6. The van der Waals surface area contributed by atoms with Gasteiger partial charge in [0.2, 0.25) is 11.0 Å². The molecule has 0 fully saturated rings. The fraction of sp³-hybridized carbons (Fsp3) is 0.786. The molecular formula is C14H25N3OS. The molecule has 1 heterocycles. The largest absolute Gasteiger partial charge is 0.301 e. The Morgan fingerprint density at radius 3 is 2.26 bits per heavy atom. The van der Waals surface area contributed by atoms with Crippen molar-refractivity contribution in [3.63, 3.8) is 0 Å². The highest BCUT2D eigenvalue weighted by atomic mass is 32.1. The van der Waals surface area contributed by atoms with Crippen LogP contribution >= 0.6 is 11.3 Å². The fourth-order valence-electron chi connectivity index (χ4n) is 1.95. The number of hydrogen-bond acceptors (Lipinski definition) is 4. The lowest BCUT2D eigenvalue weighted by molar-refractivity contribution is -0.116. The Kier molecular flexibility index (Phi) is 8.38. The first-order valence-electron chi connectivity index (χ1n) is 7.32. The second-order valence-electron chi connectivity index (χ2n) is 4.90. The van der Waals surface area contributed by atoms with Gasteiger partial charge in [0, 0.05) is 6.42 Å². The van der Waals surface area contributed by atoms with Crippen molar-refractivity contribution in [2.24, 2.45) is 0 Å². The van der Waals surface area contributed by atoms with Gasteiger partial charge in [-0.15, -0.1) is 10.2 Å². The number of carbonyl (C=O) groups is 1. The van der Waals surface area contributed by atoms with Crippen molar-refractivity contribution in [2.45, 2.75) is 71.6 Å². The first kappa shape index (κ1) is 16.1. The molecule has 0 aliphatic rings. The van der Waals surface area contributed by atoms with Crippen molar-refractivity contribution in [3.05, 3.63) is 5.01 Å². The van der Waals surface area contributed by atoms with Crippen molar-refractivity contribution in [3.8, 4) is 0 Å². The Balaban J connectivity index is 1.96. The third-order valence-electron chi connectivity index (χ3n) is 3.03. The number of aromatic nitrogens is 2. The molecule has 19 heavy (non-hydrogen) atoms. The molecule has 5 heteroatoms. The molecular weight excluding hydrogens is 258 g/mol. The van der Waals surface area contributed by atoms with Crippen LogP contribution < -0.4 is 5.32 Å². The lowest BCUT2D eigenvalue weighted by Crippen LogP contribution is -2.10. The van der Waals surface area contributed by atoms with Crippen LogP contribution in [0.15, 0.2) is 0 Å². The molecule has 0 spiro atoms. The first-order chi connectivity index (χ1) is 9.22.